The number of carbonyl (C=O) groups excluding carboxylic acids is 1. The summed E-state index contributed by atoms with van der Waals surface area (Å²) in [6, 6.07) is 5.15. The van der Waals surface area contributed by atoms with Crippen molar-refractivity contribution in [1.82, 2.24) is 0 Å². The topological polar surface area (TPSA) is 61.5 Å². The molecule has 1 aliphatic rings. The molecule has 1 aromatic rings. The van der Waals surface area contributed by atoms with Gasteiger partial charge < -0.3 is 15.2 Å². The Hall–Kier alpha value is -1.71. The summed E-state index contributed by atoms with van der Waals surface area (Å²) in [5, 5.41) is 0. The molecule has 4 nitrogen and oxygen atoms in total. The number of benzene rings is 1. The molecule has 1 aliphatic carbocycles. The van der Waals surface area contributed by atoms with Crippen molar-refractivity contribution >= 4 is 11.7 Å². The molecule has 2 N–H and O–H groups in total. The molecule has 0 spiro atoms. The Labute approximate surface area is 113 Å². The highest BCUT2D eigenvalue weighted by atomic mass is 16.5. The van der Waals surface area contributed by atoms with Crippen molar-refractivity contribution in [2.45, 2.75) is 32.1 Å². The van der Waals surface area contributed by atoms with E-state index < -0.39 is 0 Å². The summed E-state index contributed by atoms with van der Waals surface area (Å²) in [7, 11) is 1.52. The second-order valence-corrected chi connectivity index (χ2v) is 5.03. The van der Waals surface area contributed by atoms with Crippen LogP contribution >= 0.6 is 0 Å². The number of esters is 1. The fourth-order valence-electron chi connectivity index (χ4n) is 2.56. The molecule has 2 rings (SSSR count). The summed E-state index contributed by atoms with van der Waals surface area (Å²) >= 11 is 0. The monoisotopic (exact) mass is 263 g/mol. The van der Waals surface area contributed by atoms with Crippen LogP contribution in [0.25, 0.3) is 0 Å². The molecule has 0 aromatic heterocycles. The highest BCUT2D eigenvalue weighted by molar-refractivity contribution is 5.98. The smallest absolute Gasteiger partial charge is 0.344 e. The Morgan fingerprint density at radius 1 is 1.32 bits per heavy atom. The fraction of sp³-hybridized carbons (Fsp3) is 0.533. The molecule has 4 heteroatoms. The first-order valence-electron chi connectivity index (χ1n) is 6.82. The Morgan fingerprint density at radius 3 is 2.74 bits per heavy atom. The van der Waals surface area contributed by atoms with Gasteiger partial charge in [-0.2, -0.15) is 0 Å². The average Bonchev–Trinajstić information content (AvgIpc) is 2.45. The van der Waals surface area contributed by atoms with Crippen molar-refractivity contribution in [3.05, 3.63) is 23.8 Å². The van der Waals surface area contributed by atoms with Gasteiger partial charge in [0.1, 0.15) is 11.3 Å². The van der Waals surface area contributed by atoms with E-state index in [2.05, 4.69) is 0 Å². The van der Waals surface area contributed by atoms with Gasteiger partial charge in [-0.1, -0.05) is 25.3 Å². The summed E-state index contributed by atoms with van der Waals surface area (Å²) in [5.41, 5.74) is 6.56. The minimum Gasteiger partial charge on any atom is -0.496 e. The standard InChI is InChI=1S/C15H21NO3/c1-18-13-9-5-8-12(16)14(13)15(17)19-10-11-6-3-2-4-7-11/h5,8-9,11H,2-4,6-7,10,16H2,1H3. The lowest BCUT2D eigenvalue weighted by atomic mass is 9.90. The first-order chi connectivity index (χ1) is 9.22. The van der Waals surface area contributed by atoms with Gasteiger partial charge in [-0.15, -0.1) is 0 Å². The minimum atomic E-state index is -0.388. The molecule has 1 fully saturated rings. The van der Waals surface area contributed by atoms with E-state index in [1.807, 2.05) is 0 Å². The highest BCUT2D eigenvalue weighted by Crippen LogP contribution is 2.27. The predicted octanol–water partition coefficient (Wildman–Crippen LogP) is 3.01. The van der Waals surface area contributed by atoms with Crippen molar-refractivity contribution in [3.63, 3.8) is 0 Å². The molecule has 1 aromatic carbocycles. The average molecular weight is 263 g/mol. The molecule has 0 aliphatic heterocycles. The Balaban J connectivity index is 1.99. The van der Waals surface area contributed by atoms with E-state index in [-0.39, 0.29) is 5.97 Å². The second kappa shape index (κ2) is 6.45. The van der Waals surface area contributed by atoms with Crippen LogP contribution in [0.1, 0.15) is 42.5 Å². The lowest BCUT2D eigenvalue weighted by Crippen LogP contribution is -2.18. The second-order valence-electron chi connectivity index (χ2n) is 5.03. The van der Waals surface area contributed by atoms with Gasteiger partial charge in [0.25, 0.3) is 0 Å². The van der Waals surface area contributed by atoms with Gasteiger partial charge in [0.05, 0.1) is 13.7 Å². The predicted molar refractivity (Wildman–Crippen MR) is 74.3 cm³/mol. The largest absolute Gasteiger partial charge is 0.496 e. The van der Waals surface area contributed by atoms with Gasteiger partial charge in [0.2, 0.25) is 0 Å². The number of methoxy groups -OCH3 is 1. The molecule has 0 heterocycles. The number of nitrogens with two attached hydrogens (primary N) is 1. The van der Waals surface area contributed by atoms with E-state index in [1.165, 1.54) is 26.4 Å². The number of anilines is 1. The zero-order valence-corrected chi connectivity index (χ0v) is 11.4. The third kappa shape index (κ3) is 3.40. The maximum atomic E-state index is 12.1. The van der Waals surface area contributed by atoms with Crippen LogP contribution in [0.5, 0.6) is 5.75 Å². The van der Waals surface area contributed by atoms with Crippen LogP contribution in [0.3, 0.4) is 0 Å². The van der Waals surface area contributed by atoms with Gasteiger partial charge in [-0.25, -0.2) is 4.79 Å². The normalized spacial score (nSPS) is 16.1. The maximum Gasteiger partial charge on any atom is 0.344 e. The van der Waals surface area contributed by atoms with E-state index in [0.29, 0.717) is 29.5 Å². The van der Waals surface area contributed by atoms with E-state index in [4.69, 9.17) is 15.2 Å². The van der Waals surface area contributed by atoms with E-state index in [0.717, 1.165) is 12.8 Å². The summed E-state index contributed by atoms with van der Waals surface area (Å²) in [4.78, 5) is 12.1. The molecule has 0 radical (unpaired) electrons. The molecule has 0 unspecified atom stereocenters. The minimum absolute atomic E-state index is 0.334. The zero-order chi connectivity index (χ0) is 13.7. The van der Waals surface area contributed by atoms with Gasteiger partial charge >= 0.3 is 5.97 Å². The van der Waals surface area contributed by atoms with Crippen LogP contribution in [-0.4, -0.2) is 19.7 Å². The molecule has 0 bridgehead atoms. The van der Waals surface area contributed by atoms with Crippen LogP contribution < -0.4 is 10.5 Å². The number of hydrogen-bond acceptors (Lipinski definition) is 4. The maximum absolute atomic E-state index is 12.1. The summed E-state index contributed by atoms with van der Waals surface area (Å²) in [5.74, 6) is 0.572. The third-order valence-electron chi connectivity index (χ3n) is 3.66. The molecule has 0 saturated heterocycles. The summed E-state index contributed by atoms with van der Waals surface area (Å²) < 4.78 is 10.6. The number of nitrogen functional groups attached to an aromatic ring is 1. The van der Waals surface area contributed by atoms with Crippen LogP contribution in [0.4, 0.5) is 5.69 Å². The van der Waals surface area contributed by atoms with Gasteiger partial charge in [0, 0.05) is 5.69 Å². The Bertz CT molecular complexity index is 439. The lowest BCUT2D eigenvalue weighted by molar-refractivity contribution is 0.0408. The number of ether oxygens (including phenoxy) is 2. The Morgan fingerprint density at radius 2 is 2.05 bits per heavy atom. The first kappa shape index (κ1) is 13.7. The lowest BCUT2D eigenvalue weighted by Gasteiger charge is -2.21. The van der Waals surface area contributed by atoms with E-state index >= 15 is 0 Å². The molecule has 104 valence electrons. The molecular weight excluding hydrogens is 242 g/mol. The van der Waals surface area contributed by atoms with Crippen molar-refractivity contribution in [2.75, 3.05) is 19.5 Å². The summed E-state index contributed by atoms with van der Waals surface area (Å²) in [6.45, 7) is 0.482. The van der Waals surface area contributed by atoms with E-state index in [9.17, 15) is 4.79 Å². The van der Waals surface area contributed by atoms with Crippen LogP contribution in [0.2, 0.25) is 0 Å². The fourth-order valence-corrected chi connectivity index (χ4v) is 2.56. The van der Waals surface area contributed by atoms with Gasteiger partial charge in [-0.05, 0) is 30.9 Å². The molecule has 0 amide bonds. The van der Waals surface area contributed by atoms with Crippen LogP contribution in [0, 0.1) is 5.92 Å². The third-order valence-corrected chi connectivity index (χ3v) is 3.66. The Kier molecular flexibility index (Phi) is 4.66. The number of carbonyl (C=O) groups is 1. The molecule has 19 heavy (non-hydrogen) atoms. The summed E-state index contributed by atoms with van der Waals surface area (Å²) in [6.07, 6.45) is 6.06. The highest BCUT2D eigenvalue weighted by Gasteiger charge is 2.20. The quantitative estimate of drug-likeness (QED) is 0.670. The van der Waals surface area contributed by atoms with Crippen LogP contribution in [-0.2, 0) is 4.74 Å². The van der Waals surface area contributed by atoms with E-state index in [1.54, 1.807) is 18.2 Å². The molecular formula is C15H21NO3. The van der Waals surface area contributed by atoms with Gasteiger partial charge in [-0.3, -0.25) is 0 Å². The van der Waals surface area contributed by atoms with Crippen molar-refractivity contribution in [2.24, 2.45) is 5.92 Å². The van der Waals surface area contributed by atoms with Gasteiger partial charge in [0.15, 0.2) is 0 Å². The number of hydrogen-bond donors (Lipinski definition) is 1. The SMILES string of the molecule is COc1cccc(N)c1C(=O)OCC1CCCCC1. The first-order valence-corrected chi connectivity index (χ1v) is 6.82. The number of rotatable bonds is 4. The van der Waals surface area contributed by atoms with Crippen molar-refractivity contribution in [3.8, 4) is 5.75 Å². The zero-order valence-electron chi connectivity index (χ0n) is 11.4. The van der Waals surface area contributed by atoms with Crippen molar-refractivity contribution in [1.29, 1.82) is 0 Å². The molecule has 1 saturated carbocycles. The van der Waals surface area contributed by atoms with Crippen LogP contribution in [0.15, 0.2) is 18.2 Å². The van der Waals surface area contributed by atoms with Crippen molar-refractivity contribution < 1.29 is 14.3 Å². The molecule has 0 atom stereocenters.